The molecule has 174 valence electrons. The summed E-state index contributed by atoms with van der Waals surface area (Å²) in [6, 6.07) is 16.2. The van der Waals surface area contributed by atoms with Crippen LogP contribution in [-0.2, 0) is 14.3 Å². The molecule has 0 spiro atoms. The van der Waals surface area contributed by atoms with Crippen LogP contribution in [0.1, 0.15) is 49.1 Å². The van der Waals surface area contributed by atoms with Crippen molar-refractivity contribution in [2.75, 3.05) is 13.2 Å². The van der Waals surface area contributed by atoms with E-state index in [-0.39, 0.29) is 31.4 Å². The van der Waals surface area contributed by atoms with E-state index in [0.717, 1.165) is 28.7 Å². The lowest BCUT2D eigenvalue weighted by Gasteiger charge is -2.41. The van der Waals surface area contributed by atoms with E-state index < -0.39 is 30.1 Å². The fourth-order valence-electron chi connectivity index (χ4n) is 4.68. The van der Waals surface area contributed by atoms with E-state index in [9.17, 15) is 19.5 Å². The molecule has 0 bridgehead atoms. The second-order valence-electron chi connectivity index (χ2n) is 8.82. The highest BCUT2D eigenvalue weighted by atomic mass is 16.5. The van der Waals surface area contributed by atoms with Gasteiger partial charge in [-0.3, -0.25) is 9.59 Å². The molecule has 0 saturated heterocycles. The van der Waals surface area contributed by atoms with E-state index in [1.807, 2.05) is 24.3 Å². The van der Waals surface area contributed by atoms with Crippen LogP contribution in [0.5, 0.6) is 0 Å². The average Bonchev–Trinajstić information content (AvgIpc) is 3.08. The van der Waals surface area contributed by atoms with E-state index in [0.29, 0.717) is 12.8 Å². The zero-order valence-corrected chi connectivity index (χ0v) is 18.3. The quantitative estimate of drug-likeness (QED) is 0.464. The van der Waals surface area contributed by atoms with Gasteiger partial charge in [0.05, 0.1) is 18.1 Å². The van der Waals surface area contributed by atoms with Crippen LogP contribution in [0.25, 0.3) is 11.1 Å². The summed E-state index contributed by atoms with van der Waals surface area (Å²) in [6.45, 7) is 0.0513. The number of hydrogen-bond acceptors (Lipinski definition) is 5. The second kappa shape index (κ2) is 9.62. The number of carbonyl (C=O) groups excluding carboxylic acids is 2. The predicted octanol–water partition coefficient (Wildman–Crippen LogP) is 2.79. The fraction of sp³-hybridized carbons (Fsp3) is 0.400. The highest BCUT2D eigenvalue weighted by Gasteiger charge is 2.41. The zero-order chi connectivity index (χ0) is 23.4. The molecule has 0 aliphatic heterocycles. The summed E-state index contributed by atoms with van der Waals surface area (Å²) in [7, 11) is 0. The van der Waals surface area contributed by atoms with Crippen LogP contribution < -0.4 is 10.6 Å². The van der Waals surface area contributed by atoms with Crippen LogP contribution in [0, 0.1) is 0 Å². The van der Waals surface area contributed by atoms with Gasteiger partial charge in [-0.15, -0.1) is 0 Å². The molecule has 1 atom stereocenters. The number of carboxylic acids is 1. The number of fused-ring (bicyclic) bond motifs is 3. The Morgan fingerprint density at radius 1 is 1.03 bits per heavy atom. The van der Waals surface area contributed by atoms with Gasteiger partial charge < -0.3 is 25.6 Å². The van der Waals surface area contributed by atoms with Gasteiger partial charge in [0.1, 0.15) is 6.61 Å². The second-order valence-corrected chi connectivity index (χ2v) is 8.82. The van der Waals surface area contributed by atoms with Crippen molar-refractivity contribution >= 4 is 18.0 Å². The number of rotatable bonds is 9. The number of carboxylic acid groups (broad SMARTS) is 1. The summed E-state index contributed by atoms with van der Waals surface area (Å²) in [6.07, 6.45) is 0.0954. The van der Waals surface area contributed by atoms with E-state index >= 15 is 0 Å². The van der Waals surface area contributed by atoms with Crippen molar-refractivity contribution in [3.8, 4) is 11.1 Å². The normalized spacial score (nSPS) is 16.6. The molecule has 2 amide bonds. The van der Waals surface area contributed by atoms with Gasteiger partial charge >= 0.3 is 12.1 Å². The first-order valence-corrected chi connectivity index (χ1v) is 11.2. The fourth-order valence-corrected chi connectivity index (χ4v) is 4.68. The summed E-state index contributed by atoms with van der Waals surface area (Å²) in [5.41, 5.74) is 3.89. The molecule has 0 aromatic heterocycles. The number of aliphatic hydroxyl groups is 1. The monoisotopic (exact) mass is 452 g/mol. The van der Waals surface area contributed by atoms with Crippen LogP contribution in [0.4, 0.5) is 4.79 Å². The summed E-state index contributed by atoms with van der Waals surface area (Å²) >= 11 is 0. The lowest BCUT2D eigenvalue weighted by molar-refractivity contribution is -0.139. The van der Waals surface area contributed by atoms with Crippen molar-refractivity contribution in [2.24, 2.45) is 0 Å². The Balaban J connectivity index is 1.32. The number of aliphatic hydroxyl groups excluding tert-OH is 1. The van der Waals surface area contributed by atoms with Crippen LogP contribution in [0.15, 0.2) is 48.5 Å². The van der Waals surface area contributed by atoms with Crippen LogP contribution in [0.3, 0.4) is 0 Å². The summed E-state index contributed by atoms with van der Waals surface area (Å²) < 4.78 is 5.61. The Morgan fingerprint density at radius 3 is 2.18 bits per heavy atom. The minimum atomic E-state index is -1.15. The van der Waals surface area contributed by atoms with Crippen molar-refractivity contribution in [1.29, 1.82) is 0 Å². The van der Waals surface area contributed by atoms with Gasteiger partial charge in [-0.05, 0) is 41.5 Å². The van der Waals surface area contributed by atoms with Gasteiger partial charge in [0.15, 0.2) is 0 Å². The molecule has 2 aliphatic carbocycles. The molecular weight excluding hydrogens is 424 g/mol. The molecule has 1 unspecified atom stereocenters. The van der Waals surface area contributed by atoms with Crippen molar-refractivity contribution in [3.63, 3.8) is 0 Å². The molecule has 4 rings (SSSR count). The molecule has 33 heavy (non-hydrogen) atoms. The van der Waals surface area contributed by atoms with Crippen LogP contribution in [-0.4, -0.2) is 53.0 Å². The number of ether oxygens (including phenoxy) is 1. The average molecular weight is 453 g/mol. The summed E-state index contributed by atoms with van der Waals surface area (Å²) in [5.74, 6) is -1.53. The van der Waals surface area contributed by atoms with Gasteiger partial charge in [0, 0.05) is 18.9 Å². The van der Waals surface area contributed by atoms with Crippen LogP contribution >= 0.6 is 0 Å². The third kappa shape index (κ3) is 5.17. The number of carbonyl (C=O) groups is 3. The molecule has 0 heterocycles. The summed E-state index contributed by atoms with van der Waals surface area (Å²) in [4.78, 5) is 35.6. The molecule has 8 heteroatoms. The first-order valence-electron chi connectivity index (χ1n) is 11.2. The van der Waals surface area contributed by atoms with E-state index in [2.05, 4.69) is 34.9 Å². The van der Waals surface area contributed by atoms with Gasteiger partial charge in [-0.2, -0.15) is 0 Å². The SMILES string of the molecule is O=C(O)CC(O)CNC(=O)CC1(NC(=O)OCC2c3ccccc3-c3ccccc32)CCC1. The lowest BCUT2D eigenvalue weighted by Crippen LogP contribution is -2.56. The maximum Gasteiger partial charge on any atom is 0.407 e. The highest BCUT2D eigenvalue weighted by molar-refractivity contribution is 5.80. The Morgan fingerprint density at radius 2 is 1.64 bits per heavy atom. The molecule has 8 nitrogen and oxygen atoms in total. The smallest absolute Gasteiger partial charge is 0.407 e. The number of alkyl carbamates (subject to hydrolysis) is 1. The van der Waals surface area contributed by atoms with Crippen molar-refractivity contribution < 1.29 is 29.3 Å². The third-order valence-electron chi connectivity index (χ3n) is 6.47. The number of benzene rings is 2. The van der Waals surface area contributed by atoms with E-state index in [4.69, 9.17) is 9.84 Å². The maximum atomic E-state index is 12.6. The predicted molar refractivity (Wildman–Crippen MR) is 121 cm³/mol. The van der Waals surface area contributed by atoms with Gasteiger partial charge in [-0.25, -0.2) is 4.79 Å². The topological polar surface area (TPSA) is 125 Å². The van der Waals surface area contributed by atoms with E-state index in [1.165, 1.54) is 0 Å². The van der Waals surface area contributed by atoms with Crippen molar-refractivity contribution in [1.82, 2.24) is 10.6 Å². The standard InChI is InChI=1S/C25H28N2O6/c28-16(12-23(30)31)14-26-22(29)13-25(10-5-11-25)27-24(32)33-15-21-19-8-3-1-6-17(19)18-7-2-4-9-20(18)21/h1-4,6-9,16,21,28H,5,10-15H2,(H,26,29)(H,27,32)(H,30,31). The third-order valence-corrected chi connectivity index (χ3v) is 6.47. The molecular formula is C25H28N2O6. The zero-order valence-electron chi connectivity index (χ0n) is 18.3. The maximum absolute atomic E-state index is 12.6. The molecule has 2 aromatic carbocycles. The molecule has 2 aromatic rings. The Kier molecular flexibility index (Phi) is 6.65. The molecule has 1 saturated carbocycles. The first kappa shape index (κ1) is 22.8. The Hall–Kier alpha value is -3.39. The highest BCUT2D eigenvalue weighted by Crippen LogP contribution is 2.44. The van der Waals surface area contributed by atoms with Gasteiger partial charge in [-0.1, -0.05) is 48.5 Å². The van der Waals surface area contributed by atoms with Gasteiger partial charge in [0.2, 0.25) is 5.91 Å². The van der Waals surface area contributed by atoms with Crippen molar-refractivity contribution in [3.05, 3.63) is 59.7 Å². The molecule has 4 N–H and O–H groups in total. The van der Waals surface area contributed by atoms with Gasteiger partial charge in [0.25, 0.3) is 0 Å². The molecule has 0 radical (unpaired) electrons. The minimum absolute atomic E-state index is 0.0421. The van der Waals surface area contributed by atoms with Crippen LogP contribution in [0.2, 0.25) is 0 Å². The number of amides is 2. The van der Waals surface area contributed by atoms with E-state index in [1.54, 1.807) is 0 Å². The van der Waals surface area contributed by atoms with Crippen molar-refractivity contribution in [2.45, 2.75) is 49.7 Å². The minimum Gasteiger partial charge on any atom is -0.481 e. The molecule has 2 aliphatic rings. The number of aliphatic carboxylic acids is 1. The lowest BCUT2D eigenvalue weighted by atomic mass is 9.74. The Labute approximate surface area is 192 Å². The largest absolute Gasteiger partial charge is 0.481 e. The summed E-state index contributed by atoms with van der Waals surface area (Å²) in [5, 5.41) is 23.7. The first-order chi connectivity index (χ1) is 15.9. The number of nitrogens with one attached hydrogen (secondary N) is 2. The Bertz CT molecular complexity index is 1000. The number of hydrogen-bond donors (Lipinski definition) is 4. The molecule has 1 fully saturated rings.